The Hall–Kier alpha value is -3.78. The number of morpholine rings is 1. The third-order valence-electron chi connectivity index (χ3n) is 5.43. The van der Waals surface area contributed by atoms with E-state index in [9.17, 15) is 9.59 Å². The number of rotatable bonds is 7. The van der Waals surface area contributed by atoms with Crippen LogP contribution in [0.5, 0.6) is 5.75 Å². The molecular weight excluding hydrogens is 420 g/mol. The third kappa shape index (κ3) is 5.35. The zero-order valence-electron chi connectivity index (χ0n) is 18.5. The van der Waals surface area contributed by atoms with Gasteiger partial charge in [0, 0.05) is 37.8 Å². The predicted molar refractivity (Wildman–Crippen MR) is 123 cm³/mol. The monoisotopic (exact) mass is 446 g/mol. The SMILES string of the molecule is COc1ccccc1C(=O)NCCc1nc(-c2ccccc2)ncc1C(=O)N1CCOCC1. The highest BCUT2D eigenvalue weighted by Gasteiger charge is 2.23. The summed E-state index contributed by atoms with van der Waals surface area (Å²) >= 11 is 0. The van der Waals surface area contributed by atoms with E-state index in [-0.39, 0.29) is 11.8 Å². The quantitative estimate of drug-likeness (QED) is 0.600. The van der Waals surface area contributed by atoms with E-state index in [1.54, 1.807) is 29.3 Å². The van der Waals surface area contributed by atoms with Gasteiger partial charge in [-0.15, -0.1) is 0 Å². The minimum absolute atomic E-state index is 0.121. The van der Waals surface area contributed by atoms with Crippen molar-refractivity contribution in [3.05, 3.63) is 77.6 Å². The number of amides is 2. The average Bonchev–Trinajstić information content (AvgIpc) is 2.89. The number of aromatic nitrogens is 2. The van der Waals surface area contributed by atoms with Crippen molar-refractivity contribution in [2.75, 3.05) is 40.0 Å². The molecule has 1 N–H and O–H groups in total. The van der Waals surface area contributed by atoms with Crippen LogP contribution in [0.25, 0.3) is 11.4 Å². The summed E-state index contributed by atoms with van der Waals surface area (Å²) in [5.74, 6) is 0.682. The normalized spacial score (nSPS) is 13.4. The Bertz CT molecular complexity index is 1110. The summed E-state index contributed by atoms with van der Waals surface area (Å²) in [6.45, 7) is 2.40. The molecule has 8 nitrogen and oxygen atoms in total. The van der Waals surface area contributed by atoms with E-state index in [4.69, 9.17) is 14.5 Å². The highest BCUT2D eigenvalue weighted by atomic mass is 16.5. The lowest BCUT2D eigenvalue weighted by atomic mass is 10.1. The number of para-hydroxylation sites is 1. The molecule has 1 aliphatic heterocycles. The number of hydrogen-bond acceptors (Lipinski definition) is 6. The average molecular weight is 447 g/mol. The fraction of sp³-hybridized carbons (Fsp3) is 0.280. The van der Waals surface area contributed by atoms with Gasteiger partial charge in [0.1, 0.15) is 5.75 Å². The highest BCUT2D eigenvalue weighted by Crippen LogP contribution is 2.19. The molecule has 1 aromatic heterocycles. The van der Waals surface area contributed by atoms with Crippen LogP contribution in [0, 0.1) is 0 Å². The molecule has 1 aliphatic rings. The number of nitrogens with one attached hydrogen (secondary N) is 1. The fourth-order valence-electron chi connectivity index (χ4n) is 3.67. The molecule has 0 unspecified atom stereocenters. The Morgan fingerprint density at radius 2 is 1.76 bits per heavy atom. The lowest BCUT2D eigenvalue weighted by Crippen LogP contribution is -2.41. The lowest BCUT2D eigenvalue weighted by Gasteiger charge is -2.27. The first-order valence-electron chi connectivity index (χ1n) is 10.9. The Kier molecular flexibility index (Phi) is 7.26. The van der Waals surface area contributed by atoms with Crippen molar-refractivity contribution in [1.29, 1.82) is 0 Å². The molecule has 2 amide bonds. The molecule has 1 saturated heterocycles. The Morgan fingerprint density at radius 3 is 2.52 bits per heavy atom. The van der Waals surface area contributed by atoms with Crippen LogP contribution in [0.15, 0.2) is 60.8 Å². The molecule has 0 spiro atoms. The van der Waals surface area contributed by atoms with Crippen molar-refractivity contribution >= 4 is 11.8 Å². The maximum Gasteiger partial charge on any atom is 0.257 e. The first kappa shape index (κ1) is 22.4. The standard InChI is InChI=1S/C25H26N4O4/c1-32-22-10-6-5-9-19(22)24(30)26-12-11-21-20(25(31)29-13-15-33-16-14-29)17-27-23(28-21)18-7-3-2-4-8-18/h2-10,17H,11-16H2,1H3,(H,26,30). The summed E-state index contributed by atoms with van der Waals surface area (Å²) in [4.78, 5) is 36.7. The van der Waals surface area contributed by atoms with Gasteiger partial charge in [-0.05, 0) is 12.1 Å². The van der Waals surface area contributed by atoms with Crippen LogP contribution in [0.1, 0.15) is 26.4 Å². The van der Waals surface area contributed by atoms with Crippen LogP contribution in [-0.2, 0) is 11.2 Å². The minimum atomic E-state index is -0.245. The van der Waals surface area contributed by atoms with Gasteiger partial charge in [0.15, 0.2) is 5.82 Å². The second-order valence-corrected chi connectivity index (χ2v) is 7.53. The van der Waals surface area contributed by atoms with Gasteiger partial charge < -0.3 is 19.7 Å². The van der Waals surface area contributed by atoms with Crippen LogP contribution in [0.3, 0.4) is 0 Å². The van der Waals surface area contributed by atoms with E-state index < -0.39 is 0 Å². The van der Waals surface area contributed by atoms with Crippen LogP contribution in [0.4, 0.5) is 0 Å². The molecule has 33 heavy (non-hydrogen) atoms. The van der Waals surface area contributed by atoms with Gasteiger partial charge >= 0.3 is 0 Å². The molecule has 2 heterocycles. The largest absolute Gasteiger partial charge is 0.496 e. The van der Waals surface area contributed by atoms with E-state index in [1.807, 2.05) is 36.4 Å². The van der Waals surface area contributed by atoms with Gasteiger partial charge in [-0.3, -0.25) is 9.59 Å². The van der Waals surface area contributed by atoms with Crippen molar-refractivity contribution in [1.82, 2.24) is 20.2 Å². The van der Waals surface area contributed by atoms with Crippen molar-refractivity contribution in [3.8, 4) is 17.1 Å². The summed E-state index contributed by atoms with van der Waals surface area (Å²) in [7, 11) is 1.53. The van der Waals surface area contributed by atoms with E-state index in [1.165, 1.54) is 7.11 Å². The van der Waals surface area contributed by atoms with Crippen LogP contribution in [-0.4, -0.2) is 66.6 Å². The maximum absolute atomic E-state index is 13.2. The van der Waals surface area contributed by atoms with Gasteiger partial charge in [-0.2, -0.15) is 0 Å². The van der Waals surface area contributed by atoms with Crippen molar-refractivity contribution < 1.29 is 19.1 Å². The predicted octanol–water partition coefficient (Wildman–Crippen LogP) is 2.60. The van der Waals surface area contributed by atoms with Gasteiger partial charge in [0.25, 0.3) is 11.8 Å². The Morgan fingerprint density at radius 1 is 1.03 bits per heavy atom. The lowest BCUT2D eigenvalue weighted by molar-refractivity contribution is 0.0301. The van der Waals surface area contributed by atoms with E-state index >= 15 is 0 Å². The van der Waals surface area contributed by atoms with Gasteiger partial charge in [-0.1, -0.05) is 42.5 Å². The summed E-state index contributed by atoms with van der Waals surface area (Å²) in [6.07, 6.45) is 1.97. The van der Waals surface area contributed by atoms with E-state index in [0.29, 0.717) is 67.7 Å². The molecule has 4 rings (SSSR count). The zero-order chi connectivity index (χ0) is 23.0. The van der Waals surface area contributed by atoms with Crippen LogP contribution >= 0.6 is 0 Å². The van der Waals surface area contributed by atoms with Gasteiger partial charge in [0.2, 0.25) is 0 Å². The number of benzene rings is 2. The van der Waals surface area contributed by atoms with E-state index in [2.05, 4.69) is 10.3 Å². The smallest absolute Gasteiger partial charge is 0.257 e. The first-order valence-corrected chi connectivity index (χ1v) is 10.9. The summed E-state index contributed by atoms with van der Waals surface area (Å²) in [5.41, 5.74) is 2.36. The molecular formula is C25H26N4O4. The number of carbonyl (C=O) groups is 2. The first-order chi connectivity index (χ1) is 16.2. The Labute approximate surface area is 192 Å². The number of methoxy groups -OCH3 is 1. The van der Waals surface area contributed by atoms with E-state index in [0.717, 1.165) is 5.56 Å². The highest BCUT2D eigenvalue weighted by molar-refractivity contribution is 5.97. The molecule has 3 aromatic rings. The zero-order valence-corrected chi connectivity index (χ0v) is 18.5. The summed E-state index contributed by atoms with van der Waals surface area (Å²) in [5, 5.41) is 2.90. The molecule has 0 bridgehead atoms. The number of ether oxygens (including phenoxy) is 2. The maximum atomic E-state index is 13.2. The van der Waals surface area contributed by atoms with Crippen molar-refractivity contribution in [3.63, 3.8) is 0 Å². The van der Waals surface area contributed by atoms with Crippen LogP contribution < -0.4 is 10.1 Å². The molecule has 0 atom stereocenters. The number of nitrogens with zero attached hydrogens (tertiary/aromatic N) is 3. The topological polar surface area (TPSA) is 93.7 Å². The van der Waals surface area contributed by atoms with Crippen molar-refractivity contribution in [2.45, 2.75) is 6.42 Å². The number of carbonyl (C=O) groups excluding carboxylic acids is 2. The molecule has 8 heteroatoms. The molecule has 0 radical (unpaired) electrons. The number of hydrogen-bond donors (Lipinski definition) is 1. The van der Waals surface area contributed by atoms with Gasteiger partial charge in [0.05, 0.1) is 37.1 Å². The fourth-order valence-corrected chi connectivity index (χ4v) is 3.67. The molecule has 1 fully saturated rings. The summed E-state index contributed by atoms with van der Waals surface area (Å²) in [6, 6.07) is 16.6. The summed E-state index contributed by atoms with van der Waals surface area (Å²) < 4.78 is 10.6. The molecule has 2 aromatic carbocycles. The van der Waals surface area contributed by atoms with Crippen molar-refractivity contribution in [2.24, 2.45) is 0 Å². The Balaban J connectivity index is 1.54. The second-order valence-electron chi connectivity index (χ2n) is 7.53. The minimum Gasteiger partial charge on any atom is -0.496 e. The molecule has 0 aliphatic carbocycles. The van der Waals surface area contributed by atoms with Crippen LogP contribution in [0.2, 0.25) is 0 Å². The molecule has 0 saturated carbocycles. The third-order valence-corrected chi connectivity index (χ3v) is 5.43. The van der Waals surface area contributed by atoms with Gasteiger partial charge in [-0.25, -0.2) is 9.97 Å². The second kappa shape index (κ2) is 10.7. The molecule has 170 valence electrons.